The summed E-state index contributed by atoms with van der Waals surface area (Å²) in [6.07, 6.45) is 0. The first kappa shape index (κ1) is 9.69. The molecule has 0 unspecified atom stereocenters. The topological polar surface area (TPSA) is 13.1 Å². The average molecular weight is 573 g/mol. The molecule has 1 nitrogen and oxygen atoms in total. The van der Waals surface area contributed by atoms with E-state index in [0.29, 0.717) is 0 Å². The van der Waals surface area contributed by atoms with Crippen LogP contribution in [0.3, 0.4) is 0 Å². The third-order valence-electron chi connectivity index (χ3n) is 7.06. The van der Waals surface area contributed by atoms with Crippen LogP contribution in [0.25, 0.3) is 87.6 Å². The molecule has 0 saturated heterocycles. The Morgan fingerprint density at radius 1 is 0.326 bits per heavy atom. The van der Waals surface area contributed by atoms with Crippen molar-refractivity contribution in [2.45, 2.75) is 0 Å². The standard InChI is InChI=1S/C42H26O/c1-2-13-27(14-3-1)40-32-18-6-8-20-34(32)41(35-21-9-7-19-33(35)40)36-26-25-30(28-15-4-5-16-29(28)36)37-22-12-23-38-31-17-10-11-24-39(31)43-42(37)38/h1-26H/i1D,2D,3D,4D,5D,6D,7D,8D,9D,10D,11D,12D,13D,14D,15D,16D,17D,18D,19D,20D,21D,22D,23D,24D,25D,26D. The summed E-state index contributed by atoms with van der Waals surface area (Å²) in [6, 6.07) is -24.1. The fourth-order valence-electron chi connectivity index (χ4n) is 5.32. The fraction of sp³-hybridized carbons (Fsp3) is 0. The van der Waals surface area contributed by atoms with Crippen molar-refractivity contribution in [1.82, 2.24) is 0 Å². The number of hydrogen-bond acceptors (Lipinski definition) is 1. The van der Waals surface area contributed by atoms with E-state index >= 15 is 0 Å². The van der Waals surface area contributed by atoms with Crippen molar-refractivity contribution in [3.05, 3.63) is 157 Å². The highest BCUT2D eigenvalue weighted by Crippen LogP contribution is 2.47. The monoisotopic (exact) mass is 572 g/mol. The molecule has 200 valence electrons. The molecule has 1 aromatic heterocycles. The molecule has 0 bridgehead atoms. The van der Waals surface area contributed by atoms with E-state index in [1.54, 1.807) is 0 Å². The Bertz CT molecular complexity index is 3860. The van der Waals surface area contributed by atoms with Crippen molar-refractivity contribution < 1.29 is 40.1 Å². The normalized spacial score (nSPS) is 20.2. The van der Waals surface area contributed by atoms with E-state index in [-0.39, 0.29) is 0 Å². The van der Waals surface area contributed by atoms with Crippen molar-refractivity contribution in [1.29, 1.82) is 0 Å². The number of para-hydroxylation sites is 2. The molecule has 0 atom stereocenters. The van der Waals surface area contributed by atoms with Gasteiger partial charge in [-0.3, -0.25) is 0 Å². The number of furan rings is 1. The van der Waals surface area contributed by atoms with E-state index in [0.717, 1.165) is 0 Å². The van der Waals surface area contributed by atoms with Crippen molar-refractivity contribution in [2.24, 2.45) is 0 Å². The summed E-state index contributed by atoms with van der Waals surface area (Å²) in [5, 5.41) is -5.21. The zero-order valence-electron chi connectivity index (χ0n) is 47.4. The maximum atomic E-state index is 9.82. The largest absolute Gasteiger partial charge is 0.455 e. The molecule has 0 aliphatic carbocycles. The molecule has 0 amide bonds. The fourth-order valence-corrected chi connectivity index (χ4v) is 5.32. The minimum atomic E-state index is -1.07. The highest BCUT2D eigenvalue weighted by Gasteiger charge is 2.20. The van der Waals surface area contributed by atoms with Crippen molar-refractivity contribution >= 4 is 54.3 Å². The number of rotatable bonds is 3. The summed E-state index contributed by atoms with van der Waals surface area (Å²) in [6.45, 7) is 0. The van der Waals surface area contributed by atoms with Crippen LogP contribution in [0.15, 0.2) is 162 Å². The van der Waals surface area contributed by atoms with Gasteiger partial charge in [-0.05, 0) is 66.2 Å². The Kier molecular flexibility index (Phi) is 2.13. The van der Waals surface area contributed by atoms with Gasteiger partial charge in [0.25, 0.3) is 0 Å². The molecule has 0 saturated carbocycles. The molecular weight excluding hydrogens is 520 g/mol. The highest BCUT2D eigenvalue weighted by molar-refractivity contribution is 6.24. The van der Waals surface area contributed by atoms with Crippen molar-refractivity contribution in [3.63, 3.8) is 0 Å². The average Bonchev–Trinajstić information content (AvgIpc) is 3.73. The van der Waals surface area contributed by atoms with Gasteiger partial charge >= 0.3 is 0 Å². The molecular formula is C42H26O. The van der Waals surface area contributed by atoms with Crippen molar-refractivity contribution in [2.75, 3.05) is 0 Å². The zero-order chi connectivity index (χ0) is 51.0. The first-order valence-corrected chi connectivity index (χ1v) is 12.7. The Hall–Kier alpha value is -5.66. The van der Waals surface area contributed by atoms with Gasteiger partial charge in [0.2, 0.25) is 0 Å². The second-order valence-corrected chi connectivity index (χ2v) is 9.26. The van der Waals surface area contributed by atoms with Gasteiger partial charge in [0.05, 0.1) is 35.6 Å². The lowest BCUT2D eigenvalue weighted by molar-refractivity contribution is 0.670. The lowest BCUT2D eigenvalue weighted by atomic mass is 9.84. The SMILES string of the molecule is [2H]c1c([2H])c([2H])c(-c2c3c([2H])c([2H])c([2H])c([2H])c3c(-c3c([2H])c([2H])c(-c4c([2H])c([2H])c([2H])c5c4oc4c([2H])c([2H])c([2H])c([2H])c45)c4c([2H])c([2H])c([2H])c([2H])c34)c3c([2H])c([2H])c([2H])c([2H])c23)c([2H])c1[2H]. The number of fused-ring (bicyclic) bond motifs is 6. The zero-order valence-corrected chi connectivity index (χ0v) is 21.4. The molecule has 9 aromatic rings. The Morgan fingerprint density at radius 3 is 1.49 bits per heavy atom. The van der Waals surface area contributed by atoms with Crippen LogP contribution in [-0.2, 0) is 0 Å². The van der Waals surface area contributed by atoms with Gasteiger partial charge in [-0.1, -0.05) is 151 Å². The Morgan fingerprint density at radius 2 is 0.814 bits per heavy atom. The van der Waals surface area contributed by atoms with E-state index < -0.39 is 245 Å². The lowest BCUT2D eigenvalue weighted by Crippen LogP contribution is -1.92. The molecule has 0 radical (unpaired) electrons. The summed E-state index contributed by atoms with van der Waals surface area (Å²) in [7, 11) is 0. The molecule has 9 rings (SSSR count). The molecule has 0 spiro atoms. The van der Waals surface area contributed by atoms with E-state index in [9.17, 15) is 12.3 Å². The van der Waals surface area contributed by atoms with Crippen LogP contribution in [-0.4, -0.2) is 0 Å². The van der Waals surface area contributed by atoms with E-state index in [1.165, 1.54) is 0 Å². The van der Waals surface area contributed by atoms with Crippen LogP contribution in [0.1, 0.15) is 35.6 Å². The Balaban J connectivity index is 1.65. The first-order valence-electron chi connectivity index (χ1n) is 25.7. The van der Waals surface area contributed by atoms with Crippen LogP contribution < -0.4 is 0 Å². The predicted octanol–water partition coefficient (Wildman–Crippen LogP) is 12.0. The van der Waals surface area contributed by atoms with Crippen LogP contribution in [0.5, 0.6) is 0 Å². The third kappa shape index (κ3) is 3.58. The molecule has 43 heavy (non-hydrogen) atoms. The second kappa shape index (κ2) is 9.44. The highest BCUT2D eigenvalue weighted by atomic mass is 16.3. The van der Waals surface area contributed by atoms with E-state index in [4.69, 9.17) is 27.7 Å². The molecule has 0 N–H and O–H groups in total. The molecule has 0 aliphatic rings. The summed E-state index contributed by atoms with van der Waals surface area (Å²) < 4.78 is 238. The van der Waals surface area contributed by atoms with Gasteiger partial charge in [-0.25, -0.2) is 0 Å². The van der Waals surface area contributed by atoms with Crippen molar-refractivity contribution in [3.8, 4) is 33.4 Å². The van der Waals surface area contributed by atoms with Gasteiger partial charge in [-0.2, -0.15) is 0 Å². The summed E-state index contributed by atoms with van der Waals surface area (Å²) in [4.78, 5) is 0. The van der Waals surface area contributed by atoms with E-state index in [1.807, 2.05) is 0 Å². The van der Waals surface area contributed by atoms with Gasteiger partial charge in [0, 0.05) is 16.3 Å². The van der Waals surface area contributed by atoms with Crippen LogP contribution in [0.4, 0.5) is 0 Å². The van der Waals surface area contributed by atoms with Gasteiger partial charge in [0.15, 0.2) is 0 Å². The summed E-state index contributed by atoms with van der Waals surface area (Å²) in [5.74, 6) is 0. The minimum Gasteiger partial charge on any atom is -0.455 e. The van der Waals surface area contributed by atoms with Crippen LogP contribution in [0, 0.1) is 0 Å². The van der Waals surface area contributed by atoms with Crippen LogP contribution in [0.2, 0.25) is 0 Å². The maximum absolute atomic E-state index is 9.82. The van der Waals surface area contributed by atoms with Gasteiger partial charge < -0.3 is 4.42 Å². The summed E-state index contributed by atoms with van der Waals surface area (Å²) in [5.41, 5.74) is -5.52. The Labute approximate surface area is 285 Å². The smallest absolute Gasteiger partial charge is 0.143 e. The molecule has 8 aromatic carbocycles. The van der Waals surface area contributed by atoms with E-state index in [2.05, 4.69) is 0 Å². The van der Waals surface area contributed by atoms with Crippen LogP contribution >= 0.6 is 0 Å². The molecule has 0 aliphatic heterocycles. The predicted molar refractivity (Wildman–Crippen MR) is 183 cm³/mol. The first-order chi connectivity index (χ1) is 32.2. The number of benzene rings is 8. The molecule has 1 heteroatoms. The quantitative estimate of drug-likeness (QED) is 0.192. The van der Waals surface area contributed by atoms with Gasteiger partial charge in [-0.15, -0.1) is 0 Å². The minimum absolute atomic E-state index is 0.406. The second-order valence-electron chi connectivity index (χ2n) is 9.26. The molecule has 1 heterocycles. The summed E-state index contributed by atoms with van der Waals surface area (Å²) >= 11 is 0. The lowest BCUT2D eigenvalue weighted by Gasteiger charge is -2.19. The van der Waals surface area contributed by atoms with Gasteiger partial charge in [0.1, 0.15) is 11.2 Å². The molecule has 0 fully saturated rings. The maximum Gasteiger partial charge on any atom is 0.143 e. The third-order valence-corrected chi connectivity index (χ3v) is 7.06. The number of hydrogen-bond donors (Lipinski definition) is 0.